The first-order chi connectivity index (χ1) is 13.7. The van der Waals surface area contributed by atoms with Crippen molar-refractivity contribution in [2.24, 2.45) is 0 Å². The van der Waals surface area contributed by atoms with Crippen molar-refractivity contribution in [3.63, 3.8) is 0 Å². The predicted molar refractivity (Wildman–Crippen MR) is 103 cm³/mol. The molecule has 0 unspecified atom stereocenters. The predicted octanol–water partition coefficient (Wildman–Crippen LogP) is 4.20. The fraction of sp³-hybridized carbons (Fsp3) is 0. The Morgan fingerprint density at radius 1 is 0.714 bits per heavy atom. The standard InChI is InChI=1S/C19H16N6O3/c26-19(27-17-11-15(22-24-17)20-13-7-3-1-4-8-13)28-18-12-16(23-25-18)21-14-9-5-2-6-10-14/h1-12H,(H2,20,22,24)(H2,21,23,25). The molecule has 0 amide bonds. The molecule has 0 radical (unpaired) electrons. The summed E-state index contributed by atoms with van der Waals surface area (Å²) in [5.41, 5.74) is 1.72. The first-order valence-electron chi connectivity index (χ1n) is 8.39. The summed E-state index contributed by atoms with van der Waals surface area (Å²) in [6.45, 7) is 0. The Labute approximate surface area is 159 Å². The summed E-state index contributed by atoms with van der Waals surface area (Å²) < 4.78 is 10.2. The van der Waals surface area contributed by atoms with E-state index >= 15 is 0 Å². The van der Waals surface area contributed by atoms with Gasteiger partial charge >= 0.3 is 6.16 Å². The Morgan fingerprint density at radius 3 is 1.57 bits per heavy atom. The molecule has 28 heavy (non-hydrogen) atoms. The van der Waals surface area contributed by atoms with Gasteiger partial charge in [0.2, 0.25) is 11.8 Å². The first-order valence-corrected chi connectivity index (χ1v) is 8.39. The number of hydrogen-bond acceptors (Lipinski definition) is 7. The molecule has 4 aromatic rings. The molecule has 0 bridgehead atoms. The van der Waals surface area contributed by atoms with Crippen LogP contribution in [0.5, 0.6) is 11.8 Å². The van der Waals surface area contributed by atoms with Gasteiger partial charge in [-0.2, -0.15) is 10.2 Å². The summed E-state index contributed by atoms with van der Waals surface area (Å²) in [5.74, 6) is 1.30. The number of ether oxygens (including phenoxy) is 2. The molecule has 2 heterocycles. The van der Waals surface area contributed by atoms with Crippen LogP contribution in [0.1, 0.15) is 0 Å². The summed E-state index contributed by atoms with van der Waals surface area (Å²) in [6.07, 6.45) is -0.926. The molecule has 0 atom stereocenters. The number of anilines is 4. The van der Waals surface area contributed by atoms with E-state index in [1.165, 1.54) is 0 Å². The number of rotatable bonds is 6. The SMILES string of the molecule is O=C(Oc1cc(Nc2ccccc2)n[nH]1)Oc1cc(Nc2ccccc2)n[nH]1. The number of nitrogens with one attached hydrogen (secondary N) is 4. The van der Waals surface area contributed by atoms with Gasteiger partial charge in [-0.1, -0.05) is 36.4 Å². The van der Waals surface area contributed by atoms with Gasteiger partial charge in [-0.15, -0.1) is 0 Å². The second kappa shape index (κ2) is 7.96. The lowest BCUT2D eigenvalue weighted by atomic mass is 10.3. The van der Waals surface area contributed by atoms with Crippen molar-refractivity contribution in [2.45, 2.75) is 0 Å². The molecule has 0 aliphatic carbocycles. The maximum Gasteiger partial charge on any atom is 0.522 e. The molecular weight excluding hydrogens is 360 g/mol. The van der Waals surface area contributed by atoms with Crippen LogP contribution in [-0.2, 0) is 0 Å². The van der Waals surface area contributed by atoms with Crippen LogP contribution in [0.25, 0.3) is 0 Å². The summed E-state index contributed by atoms with van der Waals surface area (Å²) >= 11 is 0. The van der Waals surface area contributed by atoms with Crippen LogP contribution >= 0.6 is 0 Å². The minimum atomic E-state index is -0.926. The minimum Gasteiger partial charge on any atom is -0.376 e. The van der Waals surface area contributed by atoms with Crippen molar-refractivity contribution in [3.8, 4) is 11.8 Å². The van der Waals surface area contributed by atoms with Crippen LogP contribution < -0.4 is 20.1 Å². The maximum absolute atomic E-state index is 11.9. The van der Waals surface area contributed by atoms with E-state index in [1.807, 2.05) is 60.7 Å². The third-order valence-corrected chi connectivity index (χ3v) is 3.59. The van der Waals surface area contributed by atoms with Crippen molar-refractivity contribution < 1.29 is 14.3 Å². The third kappa shape index (κ3) is 4.47. The van der Waals surface area contributed by atoms with Gasteiger partial charge in [0.1, 0.15) is 0 Å². The third-order valence-electron chi connectivity index (χ3n) is 3.59. The van der Waals surface area contributed by atoms with Crippen molar-refractivity contribution in [3.05, 3.63) is 72.8 Å². The Balaban J connectivity index is 1.31. The monoisotopic (exact) mass is 376 g/mol. The number of H-pyrrole nitrogens is 2. The lowest BCUT2D eigenvalue weighted by Crippen LogP contribution is -2.14. The highest BCUT2D eigenvalue weighted by Crippen LogP contribution is 2.20. The van der Waals surface area contributed by atoms with E-state index in [2.05, 4.69) is 31.0 Å². The molecule has 140 valence electrons. The number of carbonyl (C=O) groups excluding carboxylic acids is 1. The average molecular weight is 376 g/mol. The van der Waals surface area contributed by atoms with Crippen molar-refractivity contribution in [1.29, 1.82) is 0 Å². The number of carbonyl (C=O) groups is 1. The van der Waals surface area contributed by atoms with Gasteiger partial charge in [-0.25, -0.2) is 15.0 Å². The quantitative estimate of drug-likeness (QED) is 0.373. The topological polar surface area (TPSA) is 117 Å². The Kier molecular flexibility index (Phi) is 4.88. The van der Waals surface area contributed by atoms with E-state index in [0.717, 1.165) is 11.4 Å². The van der Waals surface area contributed by atoms with E-state index in [4.69, 9.17) is 9.47 Å². The molecule has 0 fully saturated rings. The highest BCUT2D eigenvalue weighted by Gasteiger charge is 2.13. The molecule has 0 saturated carbocycles. The van der Waals surface area contributed by atoms with Gasteiger partial charge in [-0.05, 0) is 24.3 Å². The summed E-state index contributed by atoms with van der Waals surface area (Å²) in [7, 11) is 0. The zero-order valence-electron chi connectivity index (χ0n) is 14.5. The van der Waals surface area contributed by atoms with Gasteiger partial charge in [0.05, 0.1) is 0 Å². The largest absolute Gasteiger partial charge is 0.522 e. The highest BCUT2D eigenvalue weighted by molar-refractivity contribution is 5.67. The van der Waals surface area contributed by atoms with Gasteiger partial charge in [0, 0.05) is 23.5 Å². The molecule has 0 saturated heterocycles. The second-order valence-corrected chi connectivity index (χ2v) is 5.67. The lowest BCUT2D eigenvalue weighted by Gasteiger charge is -2.01. The smallest absolute Gasteiger partial charge is 0.376 e. The van der Waals surface area contributed by atoms with Crippen LogP contribution in [0.4, 0.5) is 27.8 Å². The summed E-state index contributed by atoms with van der Waals surface area (Å²) in [6, 6.07) is 22.1. The normalized spacial score (nSPS) is 10.3. The van der Waals surface area contributed by atoms with Crippen molar-refractivity contribution >= 4 is 29.2 Å². The molecular formula is C19H16N6O3. The Morgan fingerprint density at radius 2 is 1.14 bits per heavy atom. The number of nitrogens with zero attached hydrogens (tertiary/aromatic N) is 2. The van der Waals surface area contributed by atoms with Crippen LogP contribution in [0.3, 0.4) is 0 Å². The Bertz CT molecular complexity index is 962. The second-order valence-electron chi connectivity index (χ2n) is 5.67. The van der Waals surface area contributed by atoms with E-state index in [-0.39, 0.29) is 11.8 Å². The summed E-state index contributed by atoms with van der Waals surface area (Å²) in [4.78, 5) is 11.9. The minimum absolute atomic E-state index is 0.144. The number of benzene rings is 2. The number of hydrogen-bond donors (Lipinski definition) is 4. The maximum atomic E-state index is 11.9. The Hall–Kier alpha value is -4.27. The van der Waals surface area contributed by atoms with Crippen LogP contribution in [0.15, 0.2) is 72.8 Å². The molecule has 0 aliphatic rings. The zero-order chi connectivity index (χ0) is 19.2. The van der Waals surface area contributed by atoms with Gasteiger partial charge < -0.3 is 20.1 Å². The number of aromatic nitrogens is 4. The number of para-hydroxylation sites is 2. The van der Waals surface area contributed by atoms with E-state index in [0.29, 0.717) is 11.6 Å². The van der Waals surface area contributed by atoms with E-state index in [1.54, 1.807) is 12.1 Å². The van der Waals surface area contributed by atoms with Crippen LogP contribution in [0, 0.1) is 0 Å². The van der Waals surface area contributed by atoms with E-state index in [9.17, 15) is 4.79 Å². The fourth-order valence-corrected chi connectivity index (χ4v) is 2.38. The molecule has 0 aliphatic heterocycles. The summed E-state index contributed by atoms with van der Waals surface area (Å²) in [5, 5.41) is 19.4. The molecule has 9 heteroatoms. The molecule has 9 nitrogen and oxygen atoms in total. The van der Waals surface area contributed by atoms with Gasteiger partial charge in [0.25, 0.3) is 0 Å². The average Bonchev–Trinajstić information content (AvgIpc) is 3.33. The van der Waals surface area contributed by atoms with Gasteiger partial charge in [0.15, 0.2) is 11.6 Å². The molecule has 2 aromatic carbocycles. The van der Waals surface area contributed by atoms with Gasteiger partial charge in [-0.3, -0.25) is 0 Å². The molecule has 4 N–H and O–H groups in total. The van der Waals surface area contributed by atoms with Crippen LogP contribution in [-0.4, -0.2) is 26.6 Å². The van der Waals surface area contributed by atoms with Crippen LogP contribution in [0.2, 0.25) is 0 Å². The molecule has 0 spiro atoms. The van der Waals surface area contributed by atoms with Crippen molar-refractivity contribution in [2.75, 3.05) is 10.6 Å². The van der Waals surface area contributed by atoms with Crippen molar-refractivity contribution in [1.82, 2.24) is 20.4 Å². The number of aromatic amines is 2. The van der Waals surface area contributed by atoms with E-state index < -0.39 is 6.16 Å². The lowest BCUT2D eigenvalue weighted by molar-refractivity contribution is 0.148. The first kappa shape index (κ1) is 17.2. The zero-order valence-corrected chi connectivity index (χ0v) is 14.5. The molecule has 4 rings (SSSR count). The molecule has 2 aromatic heterocycles. The highest BCUT2D eigenvalue weighted by atomic mass is 16.7. The fourth-order valence-electron chi connectivity index (χ4n) is 2.38.